The molecule has 0 radical (unpaired) electrons. The first kappa shape index (κ1) is 7.69. The molecule has 0 aromatic carbocycles. The van der Waals surface area contributed by atoms with Gasteiger partial charge in [-0.1, -0.05) is 0 Å². The van der Waals surface area contributed by atoms with Gasteiger partial charge in [0.15, 0.2) is 0 Å². The first-order valence-electron chi connectivity index (χ1n) is 3.28. The Hall–Kier alpha value is -0.411. The fourth-order valence-electron chi connectivity index (χ4n) is 0.745. The van der Waals surface area contributed by atoms with E-state index >= 15 is 0 Å². The minimum atomic E-state index is 0.145. The van der Waals surface area contributed by atoms with Crippen LogP contribution in [0.1, 0.15) is 13.8 Å². The van der Waals surface area contributed by atoms with E-state index in [9.17, 15) is 0 Å². The fourth-order valence-corrected chi connectivity index (χ4v) is 1.99. The van der Waals surface area contributed by atoms with E-state index < -0.39 is 0 Å². The van der Waals surface area contributed by atoms with Gasteiger partial charge in [0.25, 0.3) is 0 Å². The quantitative estimate of drug-likeness (QED) is 0.639. The van der Waals surface area contributed by atoms with Crippen molar-refractivity contribution in [1.82, 2.24) is 14.4 Å². The summed E-state index contributed by atoms with van der Waals surface area (Å²) in [4.78, 5) is 2.18. The van der Waals surface area contributed by atoms with Gasteiger partial charge >= 0.3 is 65.7 Å². The zero-order chi connectivity index (χ0) is 7.40. The van der Waals surface area contributed by atoms with Gasteiger partial charge in [-0.15, -0.1) is 0 Å². The van der Waals surface area contributed by atoms with Crippen molar-refractivity contribution in [3.63, 3.8) is 0 Å². The molecule has 0 saturated heterocycles. The van der Waals surface area contributed by atoms with Gasteiger partial charge in [-0.3, -0.25) is 0 Å². The summed E-state index contributed by atoms with van der Waals surface area (Å²) in [6, 6.07) is 0. The van der Waals surface area contributed by atoms with Gasteiger partial charge in [0.1, 0.15) is 0 Å². The molecule has 56 valence electrons. The zero-order valence-electron chi connectivity index (χ0n) is 6.11. The van der Waals surface area contributed by atoms with E-state index in [-0.39, 0.29) is 14.7 Å². The van der Waals surface area contributed by atoms with E-state index in [1.54, 1.807) is 0 Å². The van der Waals surface area contributed by atoms with Crippen LogP contribution in [0.15, 0.2) is 0 Å². The summed E-state index contributed by atoms with van der Waals surface area (Å²) in [5.41, 5.74) is 0. The second-order valence-corrected chi connectivity index (χ2v) is 3.31. The topological polar surface area (TPSA) is 41.9 Å². The van der Waals surface area contributed by atoms with Crippen LogP contribution in [0.25, 0.3) is 0 Å². The molecule has 10 heavy (non-hydrogen) atoms. The number of nitrogens with zero attached hydrogens (tertiary/aromatic N) is 4. The van der Waals surface area contributed by atoms with Crippen LogP contribution in [0.3, 0.4) is 0 Å². The maximum atomic E-state index is 3.91. The van der Waals surface area contributed by atoms with Crippen molar-refractivity contribution in [3.8, 4) is 0 Å². The average Bonchev–Trinajstić information content (AvgIpc) is 2.43. The molecule has 0 spiro atoms. The standard InChI is InChI=1S/C5H10N4Se/c1-3-9(4-2)5-6-7-8-10-5/h3-4H2,1-2H3. The molecule has 1 heterocycles. The summed E-state index contributed by atoms with van der Waals surface area (Å²) in [5.74, 6) is 0. The predicted molar refractivity (Wildman–Crippen MR) is 40.3 cm³/mol. The molecule has 4 nitrogen and oxygen atoms in total. The fraction of sp³-hybridized carbons (Fsp3) is 0.800. The van der Waals surface area contributed by atoms with E-state index in [1.165, 1.54) is 0 Å². The molecule has 0 unspecified atom stereocenters. The molecule has 0 fully saturated rings. The van der Waals surface area contributed by atoms with E-state index in [0.29, 0.717) is 0 Å². The molecule has 0 aliphatic heterocycles. The number of aromatic nitrogens is 3. The molecule has 1 aromatic heterocycles. The molecule has 1 aromatic rings. The Morgan fingerprint density at radius 2 is 2.10 bits per heavy atom. The molecule has 0 N–H and O–H groups in total. The molecule has 0 saturated carbocycles. The van der Waals surface area contributed by atoms with Gasteiger partial charge in [0.2, 0.25) is 0 Å². The number of anilines is 1. The molecule has 0 aliphatic carbocycles. The van der Waals surface area contributed by atoms with E-state index in [4.69, 9.17) is 0 Å². The number of hydrogen-bond acceptors (Lipinski definition) is 4. The molecule has 0 bridgehead atoms. The van der Waals surface area contributed by atoms with Gasteiger partial charge < -0.3 is 0 Å². The van der Waals surface area contributed by atoms with E-state index in [1.807, 2.05) is 0 Å². The Bertz CT molecular complexity index is 170. The Morgan fingerprint density at radius 1 is 1.40 bits per heavy atom. The normalized spacial score (nSPS) is 9.80. The van der Waals surface area contributed by atoms with Gasteiger partial charge in [-0.2, -0.15) is 0 Å². The Kier molecular flexibility index (Phi) is 2.83. The molecule has 5 heteroatoms. The van der Waals surface area contributed by atoms with Gasteiger partial charge in [-0.25, -0.2) is 0 Å². The van der Waals surface area contributed by atoms with Crippen LogP contribution in [0, 0.1) is 0 Å². The van der Waals surface area contributed by atoms with Crippen LogP contribution in [0.4, 0.5) is 4.69 Å². The van der Waals surface area contributed by atoms with Crippen LogP contribution in [0.2, 0.25) is 0 Å². The molecule has 0 amide bonds. The number of rotatable bonds is 3. The molecular formula is C5H10N4Se. The minimum absolute atomic E-state index is 0.145. The van der Waals surface area contributed by atoms with Crippen molar-refractivity contribution in [1.29, 1.82) is 0 Å². The zero-order valence-corrected chi connectivity index (χ0v) is 7.82. The second kappa shape index (κ2) is 3.68. The van der Waals surface area contributed by atoms with E-state index in [0.717, 1.165) is 17.8 Å². The summed E-state index contributed by atoms with van der Waals surface area (Å²) >= 11 is 0.145. The second-order valence-electron chi connectivity index (χ2n) is 1.82. The molecular weight excluding hydrogens is 195 g/mol. The summed E-state index contributed by atoms with van der Waals surface area (Å²) < 4.78 is 4.88. The van der Waals surface area contributed by atoms with Crippen molar-refractivity contribution in [2.75, 3.05) is 18.0 Å². The maximum absolute atomic E-state index is 3.91. The first-order chi connectivity index (χ1) is 4.88. The summed E-state index contributed by atoms with van der Waals surface area (Å²) in [6.07, 6.45) is 0. The average molecular weight is 205 g/mol. The van der Waals surface area contributed by atoms with Crippen LogP contribution < -0.4 is 4.90 Å². The van der Waals surface area contributed by atoms with Gasteiger partial charge in [0, 0.05) is 0 Å². The van der Waals surface area contributed by atoms with Crippen molar-refractivity contribution in [2.24, 2.45) is 0 Å². The van der Waals surface area contributed by atoms with Crippen LogP contribution in [-0.2, 0) is 0 Å². The Morgan fingerprint density at radius 3 is 2.50 bits per heavy atom. The van der Waals surface area contributed by atoms with Gasteiger partial charge in [0.05, 0.1) is 0 Å². The van der Waals surface area contributed by atoms with Crippen molar-refractivity contribution in [3.05, 3.63) is 0 Å². The Labute approximate surface area is 66.2 Å². The van der Waals surface area contributed by atoms with Crippen LogP contribution in [0.5, 0.6) is 0 Å². The third-order valence-electron chi connectivity index (χ3n) is 1.32. The third kappa shape index (κ3) is 1.55. The van der Waals surface area contributed by atoms with Crippen molar-refractivity contribution in [2.45, 2.75) is 13.8 Å². The summed E-state index contributed by atoms with van der Waals surface area (Å²) in [5, 5.41) is 7.49. The molecule has 0 atom stereocenters. The summed E-state index contributed by atoms with van der Waals surface area (Å²) in [6.45, 7) is 6.23. The molecule has 0 aliphatic rings. The third-order valence-corrected chi connectivity index (χ3v) is 2.70. The predicted octanol–water partition coefficient (Wildman–Crippen LogP) is -0.225. The van der Waals surface area contributed by atoms with Crippen LogP contribution >= 0.6 is 0 Å². The summed E-state index contributed by atoms with van der Waals surface area (Å²) in [7, 11) is 0. The first-order valence-corrected chi connectivity index (χ1v) is 4.90. The van der Waals surface area contributed by atoms with Crippen molar-refractivity contribution >= 4 is 19.4 Å². The van der Waals surface area contributed by atoms with Gasteiger partial charge in [-0.05, 0) is 0 Å². The number of hydrogen-bond donors (Lipinski definition) is 0. The Balaban J connectivity index is 2.64. The van der Waals surface area contributed by atoms with E-state index in [2.05, 4.69) is 33.2 Å². The molecule has 1 rings (SSSR count). The monoisotopic (exact) mass is 206 g/mol. The SMILES string of the molecule is CCN(CC)c1nnn[se]1. The van der Waals surface area contributed by atoms with Crippen LogP contribution in [-0.4, -0.2) is 42.2 Å². The van der Waals surface area contributed by atoms with Crippen molar-refractivity contribution < 1.29 is 0 Å².